The number of pyridine rings is 1. The summed E-state index contributed by atoms with van der Waals surface area (Å²) in [4.78, 5) is 19.8. The number of cyclic esters (lactones) is 1. The van der Waals surface area contributed by atoms with E-state index in [9.17, 15) is 13.2 Å². The van der Waals surface area contributed by atoms with Gasteiger partial charge in [-0.2, -0.15) is 13.1 Å². The number of nitrogens with zero attached hydrogens (tertiary/aromatic N) is 4. The molecule has 0 unspecified atom stereocenters. The average Bonchev–Trinajstić information content (AvgIpc) is 3.32. The van der Waals surface area contributed by atoms with Crippen molar-refractivity contribution in [3.63, 3.8) is 0 Å². The lowest BCUT2D eigenvalue weighted by atomic mass is 10.0. The van der Waals surface area contributed by atoms with Gasteiger partial charge in [-0.15, -0.1) is 0 Å². The highest BCUT2D eigenvalue weighted by molar-refractivity contribution is 7.89. The van der Waals surface area contributed by atoms with Gasteiger partial charge in [0.25, 0.3) is 5.92 Å². The fraction of sp³-hybridized carbons (Fsp3) is 0.520. The maximum Gasteiger partial charge on any atom is 0.415 e. The van der Waals surface area contributed by atoms with E-state index in [4.69, 9.17) is 31.5 Å². The number of carbonyl (C=O) groups is 1. The lowest BCUT2D eigenvalue weighted by molar-refractivity contribution is -0.151. The number of amides is 1. The van der Waals surface area contributed by atoms with Crippen LogP contribution >= 0.6 is 11.6 Å². The number of halogens is 3. The highest BCUT2D eigenvalue weighted by Gasteiger charge is 2.47. The van der Waals surface area contributed by atoms with Crippen LogP contribution in [-0.4, -0.2) is 101 Å². The Morgan fingerprint density at radius 3 is 2.66 bits per heavy atom. The van der Waals surface area contributed by atoms with Crippen LogP contribution in [0.3, 0.4) is 0 Å². The number of nitrogens with two attached hydrogens (primary N) is 1. The van der Waals surface area contributed by atoms with Crippen molar-refractivity contribution in [3.8, 4) is 5.75 Å². The minimum Gasteiger partial charge on any atom is -0.489 e. The zero-order chi connectivity index (χ0) is 28.9. The van der Waals surface area contributed by atoms with Crippen molar-refractivity contribution in [3.05, 3.63) is 41.0 Å². The number of piperazine rings is 1. The van der Waals surface area contributed by atoms with Crippen molar-refractivity contribution in [2.24, 2.45) is 5.73 Å². The predicted octanol–water partition coefficient (Wildman–Crippen LogP) is 1.37. The number of hydrogen-bond acceptors (Lipinski definition) is 10. The fourth-order valence-corrected chi connectivity index (χ4v) is 7.15. The molecule has 1 amide bonds. The highest BCUT2D eigenvalue weighted by atomic mass is 35.5. The topological polar surface area (TPSA) is 140 Å². The van der Waals surface area contributed by atoms with E-state index in [-0.39, 0.29) is 85.7 Å². The molecule has 0 radical (unpaired) electrons. The van der Waals surface area contributed by atoms with E-state index in [1.807, 2.05) is 0 Å². The van der Waals surface area contributed by atoms with Crippen LogP contribution in [0.25, 0.3) is 0 Å². The first-order valence-corrected chi connectivity index (χ1v) is 15.0. The average molecular weight is 615 g/mol. The number of fused-ring (bicyclic) bond motifs is 3. The molecular formula is C25H29ClF2N6O6S. The third-order valence-corrected chi connectivity index (χ3v) is 9.83. The molecule has 4 aliphatic heterocycles. The maximum absolute atomic E-state index is 15.2. The van der Waals surface area contributed by atoms with E-state index in [0.29, 0.717) is 12.2 Å². The lowest BCUT2D eigenvalue weighted by Crippen LogP contribution is -2.49. The van der Waals surface area contributed by atoms with Gasteiger partial charge in [0.05, 0.1) is 17.2 Å². The molecule has 0 saturated carbocycles. The van der Waals surface area contributed by atoms with Crippen molar-refractivity contribution in [1.29, 1.82) is 0 Å². The summed E-state index contributed by atoms with van der Waals surface area (Å²) >= 11 is 6.13. The monoisotopic (exact) mass is 614 g/mol. The summed E-state index contributed by atoms with van der Waals surface area (Å²) in [6.45, 7) is 1.56. The molecule has 3 saturated heterocycles. The molecule has 0 spiro atoms. The Bertz CT molecular complexity index is 1440. The highest BCUT2D eigenvalue weighted by Crippen LogP contribution is 2.41. The zero-order valence-electron chi connectivity index (χ0n) is 21.8. The molecule has 6 rings (SSSR count). The summed E-state index contributed by atoms with van der Waals surface area (Å²) < 4.78 is 75.1. The number of alkyl halides is 2. The van der Waals surface area contributed by atoms with Crippen molar-refractivity contribution in [2.45, 2.75) is 29.1 Å². The first kappa shape index (κ1) is 28.3. The second-order valence-corrected chi connectivity index (χ2v) is 12.5. The number of sulfonamides is 1. The molecule has 5 heterocycles. The lowest BCUT2D eigenvalue weighted by Gasteiger charge is -2.36. The maximum atomic E-state index is 15.2. The normalized spacial score (nSPS) is 25.4. The summed E-state index contributed by atoms with van der Waals surface area (Å²) in [5, 5.41) is 2.82. The molecule has 3 fully saturated rings. The molecule has 3 atom stereocenters. The van der Waals surface area contributed by atoms with Crippen molar-refractivity contribution in [2.75, 3.05) is 68.8 Å². The number of hydrogen-bond donors (Lipinski definition) is 2. The number of anilines is 2. The summed E-state index contributed by atoms with van der Waals surface area (Å²) in [5.41, 5.74) is 5.80. The number of nitrogens with one attached hydrogen (secondary N) is 1. The number of morpholine rings is 1. The number of ether oxygens (including phenoxy) is 3. The molecule has 222 valence electrons. The van der Waals surface area contributed by atoms with Gasteiger partial charge in [-0.05, 0) is 24.3 Å². The van der Waals surface area contributed by atoms with E-state index in [2.05, 4.69) is 10.3 Å². The van der Waals surface area contributed by atoms with Gasteiger partial charge in [-0.1, -0.05) is 11.6 Å². The van der Waals surface area contributed by atoms with Gasteiger partial charge in [0.2, 0.25) is 10.0 Å². The molecule has 0 aliphatic carbocycles. The Balaban J connectivity index is 1.16. The quantitative estimate of drug-likeness (QED) is 0.459. The molecular weight excluding hydrogens is 586 g/mol. The van der Waals surface area contributed by atoms with Crippen LogP contribution in [0, 0.1) is 0 Å². The number of benzene rings is 1. The SMILES string of the molecule is NC[C@H]1OC(=O)N2c3ccc(S(=O)(=O)N4CCN(c5cc(C(F)(F)[C@H]6CNCCO6)cc(Cl)n5)CC4)cc3OC[C@H]12. The summed E-state index contributed by atoms with van der Waals surface area (Å²) in [6.07, 6.45) is -2.40. The summed E-state index contributed by atoms with van der Waals surface area (Å²) in [6, 6.07) is 6.36. The number of aromatic nitrogens is 1. The van der Waals surface area contributed by atoms with E-state index < -0.39 is 34.2 Å². The van der Waals surface area contributed by atoms with Gasteiger partial charge >= 0.3 is 6.09 Å². The second kappa shape index (κ2) is 10.8. The Morgan fingerprint density at radius 2 is 1.95 bits per heavy atom. The van der Waals surface area contributed by atoms with Crippen LogP contribution in [0.15, 0.2) is 35.2 Å². The minimum absolute atomic E-state index is 0.00343. The molecule has 1 aromatic heterocycles. The van der Waals surface area contributed by atoms with Crippen LogP contribution in [0.4, 0.5) is 25.1 Å². The molecule has 12 nitrogen and oxygen atoms in total. The van der Waals surface area contributed by atoms with Gasteiger partial charge in [0.1, 0.15) is 41.6 Å². The van der Waals surface area contributed by atoms with E-state index in [0.717, 1.165) is 6.07 Å². The van der Waals surface area contributed by atoms with Gasteiger partial charge < -0.3 is 30.2 Å². The molecule has 41 heavy (non-hydrogen) atoms. The first-order valence-electron chi connectivity index (χ1n) is 13.2. The van der Waals surface area contributed by atoms with E-state index in [1.165, 1.54) is 33.5 Å². The molecule has 1 aromatic carbocycles. The minimum atomic E-state index is -3.92. The Hall–Kier alpha value is -2.82. The fourth-order valence-electron chi connectivity index (χ4n) is 5.50. The van der Waals surface area contributed by atoms with Gasteiger partial charge in [-0.25, -0.2) is 18.2 Å². The first-order chi connectivity index (χ1) is 19.6. The van der Waals surface area contributed by atoms with E-state index >= 15 is 8.78 Å². The standard InChI is InChI=1S/C25H29ClF2N6O6S/c26-22-9-15(25(27,28)21-13-30-3-8-38-21)10-23(31-22)32-4-6-33(7-5-32)41(36,37)16-1-2-17-19(11-16)39-14-18-20(12-29)40-24(35)34(17)18/h1-2,9-11,18,20-21,30H,3-8,12-14,29H2/t18-,20-,21-/m1/s1. The van der Waals surface area contributed by atoms with Crippen LogP contribution in [-0.2, 0) is 25.4 Å². The Kier molecular flexibility index (Phi) is 7.45. The van der Waals surface area contributed by atoms with Crippen LogP contribution < -0.4 is 25.6 Å². The summed E-state index contributed by atoms with van der Waals surface area (Å²) in [5.74, 6) is -2.81. The van der Waals surface area contributed by atoms with Crippen molar-refractivity contribution >= 4 is 39.2 Å². The molecule has 2 aromatic rings. The molecule has 4 aliphatic rings. The number of carbonyl (C=O) groups excluding carboxylic acids is 1. The van der Waals surface area contributed by atoms with Crippen molar-refractivity contribution < 1.29 is 36.2 Å². The van der Waals surface area contributed by atoms with Gasteiger partial charge in [0, 0.05) is 57.4 Å². The molecule has 16 heteroatoms. The largest absolute Gasteiger partial charge is 0.489 e. The van der Waals surface area contributed by atoms with Crippen LogP contribution in [0.1, 0.15) is 5.56 Å². The predicted molar refractivity (Wildman–Crippen MR) is 144 cm³/mol. The van der Waals surface area contributed by atoms with Gasteiger partial charge in [-0.3, -0.25) is 4.90 Å². The Morgan fingerprint density at radius 1 is 1.17 bits per heavy atom. The number of rotatable bonds is 6. The smallest absolute Gasteiger partial charge is 0.415 e. The second-order valence-electron chi connectivity index (χ2n) is 10.2. The van der Waals surface area contributed by atoms with Crippen molar-refractivity contribution in [1.82, 2.24) is 14.6 Å². The zero-order valence-corrected chi connectivity index (χ0v) is 23.4. The van der Waals surface area contributed by atoms with Gasteiger partial charge in [0.15, 0.2) is 0 Å². The van der Waals surface area contributed by atoms with E-state index in [1.54, 1.807) is 4.90 Å². The molecule has 0 bridgehead atoms. The van der Waals surface area contributed by atoms with Crippen LogP contribution in [0.2, 0.25) is 5.15 Å². The molecule has 3 N–H and O–H groups in total. The third-order valence-electron chi connectivity index (χ3n) is 7.74. The van der Waals surface area contributed by atoms with Crippen LogP contribution in [0.5, 0.6) is 5.75 Å². The summed E-state index contributed by atoms with van der Waals surface area (Å²) in [7, 11) is -3.92. The third kappa shape index (κ3) is 5.08. The Labute approximate surface area is 240 Å².